The number of rotatable bonds is 4. The van der Waals surface area contributed by atoms with Gasteiger partial charge in [0.2, 0.25) is 0 Å². The third kappa shape index (κ3) is 2.87. The van der Waals surface area contributed by atoms with Crippen molar-refractivity contribution in [1.29, 1.82) is 0 Å². The Bertz CT molecular complexity index is 269. The van der Waals surface area contributed by atoms with Crippen LogP contribution < -0.4 is 0 Å². The number of benzene rings is 1. The molecule has 2 N–H and O–H groups in total. The highest BCUT2D eigenvalue weighted by atomic mass is 16.4. The van der Waals surface area contributed by atoms with Gasteiger partial charge in [-0.1, -0.05) is 30.3 Å². The number of aliphatic hydroxyl groups excluding tert-OH is 1. The number of aliphatic hydroxyl groups is 1. The second kappa shape index (κ2) is 4.62. The van der Waals surface area contributed by atoms with Crippen LogP contribution in [0.3, 0.4) is 0 Å². The van der Waals surface area contributed by atoms with E-state index in [2.05, 4.69) is 0 Å². The molecule has 0 bridgehead atoms. The summed E-state index contributed by atoms with van der Waals surface area (Å²) < 4.78 is 0. The summed E-state index contributed by atoms with van der Waals surface area (Å²) in [6.07, 6.45) is 0.382. The van der Waals surface area contributed by atoms with E-state index >= 15 is 0 Å². The number of aliphatic carboxylic acids is 1. The van der Waals surface area contributed by atoms with Crippen LogP contribution in [-0.4, -0.2) is 22.8 Å². The van der Waals surface area contributed by atoms with Gasteiger partial charge in [-0.15, -0.1) is 0 Å². The summed E-state index contributed by atoms with van der Waals surface area (Å²) in [5, 5.41) is 17.5. The van der Waals surface area contributed by atoms with Crippen molar-refractivity contribution in [2.45, 2.75) is 6.42 Å². The topological polar surface area (TPSA) is 57.5 Å². The Balaban J connectivity index is 2.62. The third-order valence-corrected chi connectivity index (χ3v) is 1.89. The Morgan fingerprint density at radius 3 is 2.38 bits per heavy atom. The average molecular weight is 180 g/mol. The van der Waals surface area contributed by atoms with E-state index in [1.54, 1.807) is 0 Å². The fraction of sp³-hybridized carbons (Fsp3) is 0.300. The first-order chi connectivity index (χ1) is 6.24. The zero-order valence-electron chi connectivity index (χ0n) is 7.18. The zero-order valence-corrected chi connectivity index (χ0v) is 7.18. The number of hydrogen-bond acceptors (Lipinski definition) is 2. The fourth-order valence-corrected chi connectivity index (χ4v) is 1.13. The molecule has 0 aliphatic heterocycles. The van der Waals surface area contributed by atoms with Crippen LogP contribution >= 0.6 is 0 Å². The highest BCUT2D eigenvalue weighted by Crippen LogP contribution is 2.07. The van der Waals surface area contributed by atoms with Crippen molar-refractivity contribution >= 4 is 5.97 Å². The largest absolute Gasteiger partial charge is 0.481 e. The Kier molecular flexibility index (Phi) is 3.46. The second-order valence-corrected chi connectivity index (χ2v) is 2.91. The molecule has 0 spiro atoms. The van der Waals surface area contributed by atoms with E-state index in [9.17, 15) is 4.79 Å². The summed E-state index contributed by atoms with van der Waals surface area (Å²) >= 11 is 0. The predicted molar refractivity (Wildman–Crippen MR) is 48.4 cm³/mol. The SMILES string of the molecule is O=C(O)[C@H](CO)Cc1ccccc1. The van der Waals surface area contributed by atoms with Crippen molar-refractivity contribution in [3.8, 4) is 0 Å². The van der Waals surface area contributed by atoms with Crippen molar-refractivity contribution in [3.63, 3.8) is 0 Å². The molecule has 3 nitrogen and oxygen atoms in total. The van der Waals surface area contributed by atoms with E-state index in [-0.39, 0.29) is 6.61 Å². The molecule has 0 heterocycles. The van der Waals surface area contributed by atoms with Crippen molar-refractivity contribution in [1.82, 2.24) is 0 Å². The highest BCUT2D eigenvalue weighted by Gasteiger charge is 2.15. The van der Waals surface area contributed by atoms with Gasteiger partial charge in [0, 0.05) is 0 Å². The van der Waals surface area contributed by atoms with E-state index < -0.39 is 11.9 Å². The number of carbonyl (C=O) groups is 1. The lowest BCUT2D eigenvalue weighted by molar-refractivity contribution is -0.143. The monoisotopic (exact) mass is 180 g/mol. The van der Waals surface area contributed by atoms with E-state index in [4.69, 9.17) is 10.2 Å². The molecule has 0 saturated carbocycles. The quantitative estimate of drug-likeness (QED) is 0.724. The lowest BCUT2D eigenvalue weighted by Gasteiger charge is -2.07. The highest BCUT2D eigenvalue weighted by molar-refractivity contribution is 5.70. The molecule has 1 atom stereocenters. The Morgan fingerprint density at radius 1 is 1.31 bits per heavy atom. The Labute approximate surface area is 76.6 Å². The lowest BCUT2D eigenvalue weighted by Crippen LogP contribution is -2.20. The minimum atomic E-state index is -0.952. The third-order valence-electron chi connectivity index (χ3n) is 1.89. The van der Waals surface area contributed by atoms with Gasteiger partial charge < -0.3 is 10.2 Å². The molecular weight excluding hydrogens is 168 g/mol. The van der Waals surface area contributed by atoms with Gasteiger partial charge in [0.05, 0.1) is 12.5 Å². The number of carboxylic acid groups (broad SMARTS) is 1. The Morgan fingerprint density at radius 2 is 1.92 bits per heavy atom. The van der Waals surface area contributed by atoms with Crippen molar-refractivity contribution < 1.29 is 15.0 Å². The minimum absolute atomic E-state index is 0.315. The van der Waals surface area contributed by atoms with Crippen LogP contribution in [0.2, 0.25) is 0 Å². The van der Waals surface area contributed by atoms with Crippen molar-refractivity contribution in [3.05, 3.63) is 35.9 Å². The first-order valence-corrected chi connectivity index (χ1v) is 4.11. The van der Waals surface area contributed by atoms with Gasteiger partial charge in [0.1, 0.15) is 0 Å². The molecule has 0 fully saturated rings. The number of hydrogen-bond donors (Lipinski definition) is 2. The summed E-state index contributed by atoms with van der Waals surface area (Å²) in [5.41, 5.74) is 0.934. The van der Waals surface area contributed by atoms with Gasteiger partial charge in [-0.25, -0.2) is 0 Å². The first kappa shape index (κ1) is 9.74. The molecule has 0 radical (unpaired) electrons. The predicted octanol–water partition coefficient (Wildman–Crippen LogP) is 0.922. The normalized spacial score (nSPS) is 12.4. The zero-order chi connectivity index (χ0) is 9.68. The molecule has 70 valence electrons. The summed E-state index contributed by atoms with van der Waals surface area (Å²) in [6, 6.07) is 9.28. The maximum Gasteiger partial charge on any atom is 0.309 e. The minimum Gasteiger partial charge on any atom is -0.481 e. The molecule has 3 heteroatoms. The molecule has 1 aromatic rings. The van der Waals surface area contributed by atoms with Gasteiger partial charge in [0.25, 0.3) is 0 Å². The van der Waals surface area contributed by atoms with E-state index in [1.165, 1.54) is 0 Å². The van der Waals surface area contributed by atoms with Crippen LogP contribution in [0.15, 0.2) is 30.3 Å². The maximum atomic E-state index is 10.6. The average Bonchev–Trinajstić information content (AvgIpc) is 2.15. The maximum absolute atomic E-state index is 10.6. The Hall–Kier alpha value is -1.35. The van der Waals surface area contributed by atoms with E-state index in [0.717, 1.165) is 5.56 Å². The van der Waals surface area contributed by atoms with Gasteiger partial charge in [-0.05, 0) is 12.0 Å². The van der Waals surface area contributed by atoms with Gasteiger partial charge in [-0.3, -0.25) is 4.79 Å². The van der Waals surface area contributed by atoms with Crippen LogP contribution in [0.25, 0.3) is 0 Å². The molecule has 0 aliphatic rings. The standard InChI is InChI=1S/C10H12O3/c11-7-9(10(12)13)6-8-4-2-1-3-5-8/h1-5,9,11H,6-7H2,(H,12,13)/t9-/m0/s1. The summed E-state index contributed by atoms with van der Waals surface area (Å²) in [4.78, 5) is 10.6. The molecule has 0 aliphatic carbocycles. The summed E-state index contributed by atoms with van der Waals surface area (Å²) in [7, 11) is 0. The molecular formula is C10H12O3. The molecule has 0 amide bonds. The first-order valence-electron chi connectivity index (χ1n) is 4.11. The van der Waals surface area contributed by atoms with Gasteiger partial charge in [0.15, 0.2) is 0 Å². The molecule has 0 saturated heterocycles. The van der Waals surface area contributed by atoms with Crippen LogP contribution in [0.4, 0.5) is 0 Å². The van der Waals surface area contributed by atoms with Crippen LogP contribution in [-0.2, 0) is 11.2 Å². The fourth-order valence-electron chi connectivity index (χ4n) is 1.13. The molecule has 0 aromatic heterocycles. The van der Waals surface area contributed by atoms with E-state index in [1.807, 2.05) is 30.3 Å². The van der Waals surface area contributed by atoms with Crippen LogP contribution in [0.5, 0.6) is 0 Å². The summed E-state index contributed by atoms with van der Waals surface area (Å²) in [6.45, 7) is -0.315. The van der Waals surface area contributed by atoms with Gasteiger partial charge >= 0.3 is 5.97 Å². The van der Waals surface area contributed by atoms with E-state index in [0.29, 0.717) is 6.42 Å². The van der Waals surface area contributed by atoms with Crippen LogP contribution in [0.1, 0.15) is 5.56 Å². The summed E-state index contributed by atoms with van der Waals surface area (Å²) in [5.74, 6) is -1.64. The van der Waals surface area contributed by atoms with Crippen molar-refractivity contribution in [2.75, 3.05) is 6.61 Å². The molecule has 0 unspecified atom stereocenters. The molecule has 1 aromatic carbocycles. The molecule has 1 rings (SSSR count). The van der Waals surface area contributed by atoms with Gasteiger partial charge in [-0.2, -0.15) is 0 Å². The second-order valence-electron chi connectivity index (χ2n) is 2.91. The number of carboxylic acids is 1. The smallest absolute Gasteiger partial charge is 0.309 e. The van der Waals surface area contributed by atoms with Crippen LogP contribution in [0, 0.1) is 5.92 Å². The lowest BCUT2D eigenvalue weighted by atomic mass is 10.0. The molecule has 13 heavy (non-hydrogen) atoms. The van der Waals surface area contributed by atoms with Crippen molar-refractivity contribution in [2.24, 2.45) is 5.92 Å².